The first-order chi connectivity index (χ1) is 18.9. The van der Waals surface area contributed by atoms with Crippen molar-refractivity contribution >= 4 is 11.5 Å². The fourth-order valence-electron chi connectivity index (χ4n) is 4.56. The molecule has 0 fully saturated rings. The van der Waals surface area contributed by atoms with Gasteiger partial charge in [0.2, 0.25) is 0 Å². The number of carbonyl (C=O) groups excluding carboxylic acids is 1. The predicted molar refractivity (Wildman–Crippen MR) is 157 cm³/mol. The Balaban J connectivity index is 1.61. The average Bonchev–Trinajstić information content (AvgIpc) is 2.96. The van der Waals surface area contributed by atoms with Crippen molar-refractivity contribution in [1.82, 2.24) is 4.90 Å². The van der Waals surface area contributed by atoms with Crippen LogP contribution in [0.15, 0.2) is 103 Å². The Labute approximate surface area is 231 Å². The van der Waals surface area contributed by atoms with E-state index in [2.05, 4.69) is 18.7 Å². The van der Waals surface area contributed by atoms with Gasteiger partial charge in [0.15, 0.2) is 0 Å². The Morgan fingerprint density at radius 1 is 0.846 bits per heavy atom. The fraction of sp³-hybridized carbons (Fsp3) is 0.265. The number of aliphatic hydroxyl groups is 1. The summed E-state index contributed by atoms with van der Waals surface area (Å²) in [5.74, 6) is 0.984. The lowest BCUT2D eigenvalue weighted by Gasteiger charge is -2.24. The van der Waals surface area contributed by atoms with Crippen LogP contribution in [0.2, 0.25) is 0 Å². The van der Waals surface area contributed by atoms with Crippen molar-refractivity contribution in [1.29, 1.82) is 0 Å². The van der Waals surface area contributed by atoms with E-state index >= 15 is 0 Å². The largest absolute Gasteiger partial charge is 0.488 e. The van der Waals surface area contributed by atoms with Crippen molar-refractivity contribution in [2.24, 2.45) is 0 Å². The van der Waals surface area contributed by atoms with E-state index in [0.717, 1.165) is 35.1 Å². The van der Waals surface area contributed by atoms with Crippen LogP contribution in [-0.4, -0.2) is 36.1 Å². The molecular weight excluding hydrogens is 486 g/mol. The van der Waals surface area contributed by atoms with E-state index in [-0.39, 0.29) is 12.5 Å². The van der Waals surface area contributed by atoms with Gasteiger partial charge in [0.1, 0.15) is 24.7 Å². The molecule has 0 saturated carbocycles. The van der Waals surface area contributed by atoms with Crippen LogP contribution in [0.25, 0.3) is 5.57 Å². The fourth-order valence-corrected chi connectivity index (χ4v) is 4.56. The Hall–Kier alpha value is -4.09. The summed E-state index contributed by atoms with van der Waals surface area (Å²) in [5, 5.41) is 9.20. The molecule has 1 aliphatic carbocycles. The van der Waals surface area contributed by atoms with Crippen LogP contribution < -0.4 is 9.47 Å². The maximum atomic E-state index is 13.8. The third-order valence-corrected chi connectivity index (χ3v) is 6.79. The molecule has 39 heavy (non-hydrogen) atoms. The third kappa shape index (κ3) is 7.71. The quantitative estimate of drug-likeness (QED) is 0.278. The summed E-state index contributed by atoms with van der Waals surface area (Å²) in [6.07, 6.45) is 6.63. The zero-order valence-corrected chi connectivity index (χ0v) is 22.9. The standard InChI is InChI=1S/C34H37NO4/c1-25(2)30-20-31(34(37)35(3)22-27-16-14-26(15-17-27)18-19-36)33(39-24-29-12-8-5-9-13-29)21-32(30)38-23-28-10-6-4-7-11-28/h4-14,16,20-21,36H,1,15,17-19,22-24H2,2-3H3. The first kappa shape index (κ1) is 27.9. The van der Waals surface area contributed by atoms with E-state index in [4.69, 9.17) is 9.47 Å². The van der Waals surface area contributed by atoms with Crippen molar-refractivity contribution in [3.8, 4) is 11.5 Å². The molecule has 0 bridgehead atoms. The highest BCUT2D eigenvalue weighted by Gasteiger charge is 2.22. The van der Waals surface area contributed by atoms with Gasteiger partial charge < -0.3 is 19.5 Å². The molecule has 0 spiro atoms. The van der Waals surface area contributed by atoms with Gasteiger partial charge >= 0.3 is 0 Å². The molecule has 0 heterocycles. The summed E-state index contributed by atoms with van der Waals surface area (Å²) in [6, 6.07) is 23.5. The lowest BCUT2D eigenvalue weighted by atomic mass is 9.96. The van der Waals surface area contributed by atoms with Crippen LogP contribution in [0.1, 0.15) is 53.2 Å². The van der Waals surface area contributed by atoms with E-state index in [1.165, 1.54) is 11.1 Å². The van der Waals surface area contributed by atoms with E-state index < -0.39 is 0 Å². The molecule has 202 valence electrons. The van der Waals surface area contributed by atoms with E-state index in [9.17, 15) is 9.90 Å². The van der Waals surface area contributed by atoms with Gasteiger partial charge in [-0.2, -0.15) is 0 Å². The molecule has 3 aromatic carbocycles. The van der Waals surface area contributed by atoms with E-state index in [1.807, 2.05) is 86.8 Å². The van der Waals surface area contributed by atoms with Crippen molar-refractivity contribution in [2.75, 3.05) is 20.2 Å². The first-order valence-corrected chi connectivity index (χ1v) is 13.4. The van der Waals surface area contributed by atoms with Gasteiger partial charge in [-0.25, -0.2) is 0 Å². The smallest absolute Gasteiger partial charge is 0.257 e. The summed E-state index contributed by atoms with van der Waals surface area (Å²) in [4.78, 5) is 15.5. The molecule has 5 nitrogen and oxygen atoms in total. The number of hydrogen-bond donors (Lipinski definition) is 1. The zero-order chi connectivity index (χ0) is 27.6. The zero-order valence-electron chi connectivity index (χ0n) is 22.9. The Morgan fingerprint density at radius 2 is 1.38 bits per heavy atom. The summed E-state index contributed by atoms with van der Waals surface area (Å²) in [5.41, 5.74) is 6.55. The predicted octanol–water partition coefficient (Wildman–Crippen LogP) is 6.98. The molecule has 1 aliphatic rings. The minimum atomic E-state index is -0.124. The maximum absolute atomic E-state index is 13.8. The van der Waals surface area contributed by atoms with Gasteiger partial charge in [0, 0.05) is 31.8 Å². The number of hydrogen-bond acceptors (Lipinski definition) is 4. The van der Waals surface area contributed by atoms with Crippen molar-refractivity contribution in [3.05, 3.63) is 125 Å². The number of ether oxygens (including phenoxy) is 2. The molecule has 0 aromatic heterocycles. The second-order valence-corrected chi connectivity index (χ2v) is 9.96. The van der Waals surface area contributed by atoms with Crippen LogP contribution in [0.3, 0.4) is 0 Å². The second kappa shape index (κ2) is 13.6. The van der Waals surface area contributed by atoms with Gasteiger partial charge in [-0.1, -0.05) is 90.5 Å². The van der Waals surface area contributed by atoms with E-state index in [0.29, 0.717) is 43.2 Å². The summed E-state index contributed by atoms with van der Waals surface area (Å²) < 4.78 is 12.5. The minimum Gasteiger partial charge on any atom is -0.488 e. The number of nitrogens with zero attached hydrogens (tertiary/aromatic N) is 1. The van der Waals surface area contributed by atoms with Crippen molar-refractivity contribution in [3.63, 3.8) is 0 Å². The molecule has 1 amide bonds. The first-order valence-electron chi connectivity index (χ1n) is 13.4. The highest BCUT2D eigenvalue weighted by atomic mass is 16.5. The molecule has 0 aliphatic heterocycles. The summed E-state index contributed by atoms with van der Waals surface area (Å²) in [6.45, 7) is 7.47. The number of aliphatic hydroxyl groups excluding tert-OH is 1. The number of benzene rings is 3. The van der Waals surface area contributed by atoms with Crippen molar-refractivity contribution in [2.45, 2.75) is 39.4 Å². The van der Waals surface area contributed by atoms with Gasteiger partial charge in [-0.05, 0) is 49.0 Å². The SMILES string of the molecule is C=C(C)c1cc(C(=O)N(C)CC2=CC=C(CCO)CC2)c(OCc2ccccc2)cc1OCc1ccccc1. The lowest BCUT2D eigenvalue weighted by Crippen LogP contribution is -2.29. The Bertz CT molecular complexity index is 1340. The van der Waals surface area contributed by atoms with Gasteiger partial charge in [-0.15, -0.1) is 0 Å². The van der Waals surface area contributed by atoms with Crippen LogP contribution in [-0.2, 0) is 13.2 Å². The van der Waals surface area contributed by atoms with E-state index in [1.54, 1.807) is 4.90 Å². The van der Waals surface area contributed by atoms with Crippen LogP contribution in [0.5, 0.6) is 11.5 Å². The molecule has 5 heteroatoms. The topological polar surface area (TPSA) is 59.0 Å². The molecule has 1 N–H and O–H groups in total. The summed E-state index contributed by atoms with van der Waals surface area (Å²) in [7, 11) is 1.82. The molecule has 0 unspecified atom stereocenters. The second-order valence-electron chi connectivity index (χ2n) is 9.96. The number of allylic oxidation sites excluding steroid dienone is 3. The van der Waals surface area contributed by atoms with Gasteiger partial charge in [0.25, 0.3) is 5.91 Å². The maximum Gasteiger partial charge on any atom is 0.257 e. The molecule has 0 atom stereocenters. The molecule has 0 saturated heterocycles. The molecule has 0 radical (unpaired) electrons. The third-order valence-electron chi connectivity index (χ3n) is 6.79. The van der Waals surface area contributed by atoms with Crippen molar-refractivity contribution < 1.29 is 19.4 Å². The minimum absolute atomic E-state index is 0.124. The molecule has 4 rings (SSSR count). The number of rotatable bonds is 12. The normalized spacial score (nSPS) is 12.8. The molecule has 3 aromatic rings. The summed E-state index contributed by atoms with van der Waals surface area (Å²) >= 11 is 0. The Morgan fingerprint density at radius 3 is 1.90 bits per heavy atom. The highest BCUT2D eigenvalue weighted by molar-refractivity contribution is 5.98. The average molecular weight is 524 g/mol. The van der Waals surface area contributed by atoms with Gasteiger partial charge in [0.05, 0.1) is 5.56 Å². The molecular formula is C34H37NO4. The number of amides is 1. The van der Waals surface area contributed by atoms with Crippen LogP contribution in [0.4, 0.5) is 0 Å². The number of carbonyl (C=O) groups is 1. The Kier molecular flexibility index (Phi) is 9.76. The monoisotopic (exact) mass is 523 g/mol. The number of likely N-dealkylation sites (N-methyl/N-ethyl adjacent to an activating group) is 1. The van der Waals surface area contributed by atoms with Gasteiger partial charge in [-0.3, -0.25) is 4.79 Å². The van der Waals surface area contributed by atoms with Crippen LogP contribution in [0, 0.1) is 0 Å². The highest BCUT2D eigenvalue weighted by Crippen LogP contribution is 2.35. The lowest BCUT2D eigenvalue weighted by molar-refractivity contribution is 0.0801. The van der Waals surface area contributed by atoms with Crippen LogP contribution >= 0.6 is 0 Å².